The van der Waals surface area contributed by atoms with Gasteiger partial charge in [-0.2, -0.15) is 0 Å². The maximum absolute atomic E-state index is 13.3. The average Bonchev–Trinajstić information content (AvgIpc) is 3.17. The van der Waals surface area contributed by atoms with Crippen molar-refractivity contribution in [3.05, 3.63) is 35.6 Å². The van der Waals surface area contributed by atoms with Crippen LogP contribution in [-0.2, 0) is 9.59 Å². The summed E-state index contributed by atoms with van der Waals surface area (Å²) in [6.45, 7) is 1.05. The van der Waals surface area contributed by atoms with Crippen LogP contribution < -0.4 is 0 Å². The molecule has 0 aromatic heterocycles. The van der Waals surface area contributed by atoms with Gasteiger partial charge in [-0.1, -0.05) is 25.0 Å². The first-order valence-corrected chi connectivity index (χ1v) is 8.69. The molecular weight excluding hydrogens is 339 g/mol. The predicted molar refractivity (Wildman–Crippen MR) is 90.7 cm³/mol. The molecule has 1 aromatic carbocycles. The predicted octanol–water partition coefficient (Wildman–Crippen LogP) is 2.63. The number of hydrogen-bond donors (Lipinski definition) is 0. The molecule has 0 radical (unpaired) electrons. The lowest BCUT2D eigenvalue weighted by molar-refractivity contribution is -0.160. The van der Waals surface area contributed by atoms with Gasteiger partial charge in [-0.3, -0.25) is 24.2 Å². The van der Waals surface area contributed by atoms with Crippen molar-refractivity contribution in [2.45, 2.75) is 32.6 Å². The highest BCUT2D eigenvalue weighted by atomic mass is 19.1. The molecule has 0 spiro atoms. The Morgan fingerprint density at radius 2 is 1.85 bits per heavy atom. The first-order valence-electron chi connectivity index (χ1n) is 8.69. The zero-order valence-electron chi connectivity index (χ0n) is 14.8. The normalized spacial score (nSPS) is 24.5. The molecule has 1 saturated carbocycles. The van der Waals surface area contributed by atoms with Crippen LogP contribution in [0.25, 0.3) is 0 Å². The molecule has 1 aromatic rings. The van der Waals surface area contributed by atoms with Gasteiger partial charge in [-0.05, 0) is 37.8 Å². The molecule has 3 rings (SSSR count). The zero-order chi connectivity index (χ0) is 19.1. The summed E-state index contributed by atoms with van der Waals surface area (Å²) in [6.07, 6.45) is 3.34. The largest absolute Gasteiger partial charge is 0.333 e. The molecular formula is C19H21FN2O4. The minimum absolute atomic E-state index is 0.0766. The quantitative estimate of drug-likeness (QED) is 0.611. The number of rotatable bonds is 4. The molecule has 2 aliphatic rings. The van der Waals surface area contributed by atoms with E-state index in [1.165, 1.54) is 25.2 Å². The molecule has 138 valence electrons. The first kappa shape index (κ1) is 18.2. The number of halogens is 1. The van der Waals surface area contributed by atoms with Crippen LogP contribution in [0.5, 0.6) is 0 Å². The van der Waals surface area contributed by atoms with Crippen LogP contribution in [0, 0.1) is 17.2 Å². The summed E-state index contributed by atoms with van der Waals surface area (Å²) in [4.78, 5) is 52.5. The van der Waals surface area contributed by atoms with Gasteiger partial charge in [0.25, 0.3) is 0 Å². The lowest BCUT2D eigenvalue weighted by atomic mass is 9.72. The fraction of sp³-hybridized carbons (Fsp3) is 0.474. The summed E-state index contributed by atoms with van der Waals surface area (Å²) >= 11 is 0. The Morgan fingerprint density at radius 3 is 2.46 bits per heavy atom. The Labute approximate surface area is 150 Å². The second-order valence-corrected chi connectivity index (χ2v) is 7.16. The van der Waals surface area contributed by atoms with Gasteiger partial charge in [0.2, 0.25) is 11.8 Å². The molecule has 1 heterocycles. The number of urea groups is 1. The molecule has 7 heteroatoms. The number of benzene rings is 1. The van der Waals surface area contributed by atoms with E-state index in [0.29, 0.717) is 0 Å². The highest BCUT2D eigenvalue weighted by molar-refractivity contribution is 6.20. The highest BCUT2D eigenvalue weighted by Gasteiger charge is 2.57. The third-order valence-corrected chi connectivity index (χ3v) is 5.58. The van der Waals surface area contributed by atoms with Gasteiger partial charge in [0.15, 0.2) is 5.78 Å². The van der Waals surface area contributed by atoms with Crippen molar-refractivity contribution in [3.8, 4) is 0 Å². The third kappa shape index (κ3) is 2.81. The van der Waals surface area contributed by atoms with Gasteiger partial charge in [0, 0.05) is 12.6 Å². The number of carbonyl (C=O) groups is 4. The molecule has 1 atom stereocenters. The van der Waals surface area contributed by atoms with E-state index < -0.39 is 41.4 Å². The number of hydrogen-bond acceptors (Lipinski definition) is 4. The molecule has 1 saturated heterocycles. The van der Waals surface area contributed by atoms with Gasteiger partial charge in [-0.15, -0.1) is 0 Å². The average molecular weight is 360 g/mol. The molecule has 4 amide bonds. The van der Waals surface area contributed by atoms with Crippen LogP contribution in [-0.4, -0.2) is 47.0 Å². The maximum atomic E-state index is 13.3. The van der Waals surface area contributed by atoms with E-state index in [-0.39, 0.29) is 11.5 Å². The summed E-state index contributed by atoms with van der Waals surface area (Å²) in [7, 11) is 1.32. The number of ketones is 1. The van der Waals surface area contributed by atoms with Crippen LogP contribution in [0.2, 0.25) is 0 Å². The molecule has 2 fully saturated rings. The van der Waals surface area contributed by atoms with Crippen LogP contribution in [0.3, 0.4) is 0 Å². The van der Waals surface area contributed by atoms with E-state index in [9.17, 15) is 23.6 Å². The van der Waals surface area contributed by atoms with Gasteiger partial charge < -0.3 is 0 Å². The van der Waals surface area contributed by atoms with Crippen molar-refractivity contribution in [1.29, 1.82) is 0 Å². The molecule has 6 nitrogen and oxygen atoms in total. The Kier molecular flexibility index (Phi) is 4.64. The molecule has 0 bridgehead atoms. The van der Waals surface area contributed by atoms with Crippen molar-refractivity contribution in [3.63, 3.8) is 0 Å². The van der Waals surface area contributed by atoms with Crippen LogP contribution >= 0.6 is 0 Å². The maximum Gasteiger partial charge on any atom is 0.333 e. The minimum atomic E-state index is -1.35. The minimum Gasteiger partial charge on any atom is -0.292 e. The lowest BCUT2D eigenvalue weighted by Gasteiger charge is -2.43. The molecule has 1 unspecified atom stereocenters. The van der Waals surface area contributed by atoms with Crippen LogP contribution in [0.1, 0.15) is 43.0 Å². The van der Waals surface area contributed by atoms with E-state index in [1.807, 2.05) is 0 Å². The molecule has 1 aliphatic heterocycles. The standard InChI is InChI=1S/C19H21FN2O4/c1-19(13-7-3-4-8-13)16(24)21(2)18(26)22(17(19)25)11-15(23)12-6-5-9-14(20)10-12/h5-6,9-10,13H,3-4,7-8,11H2,1-2H3. The fourth-order valence-electron chi connectivity index (χ4n) is 3.96. The Morgan fingerprint density at radius 1 is 1.19 bits per heavy atom. The van der Waals surface area contributed by atoms with E-state index in [4.69, 9.17) is 0 Å². The lowest BCUT2D eigenvalue weighted by Crippen LogP contribution is -2.65. The molecule has 1 aliphatic carbocycles. The summed E-state index contributed by atoms with van der Waals surface area (Å²) in [5, 5.41) is 0. The Hall–Kier alpha value is -2.57. The van der Waals surface area contributed by atoms with Gasteiger partial charge in [-0.25, -0.2) is 9.18 Å². The highest BCUT2D eigenvalue weighted by Crippen LogP contribution is 2.44. The SMILES string of the molecule is CN1C(=O)N(CC(=O)c2cccc(F)c2)C(=O)C(C)(C2CCCC2)C1=O. The van der Waals surface area contributed by atoms with Crippen LogP contribution in [0.4, 0.5) is 9.18 Å². The third-order valence-electron chi connectivity index (χ3n) is 5.58. The van der Waals surface area contributed by atoms with E-state index in [0.717, 1.165) is 41.5 Å². The van der Waals surface area contributed by atoms with Crippen LogP contribution in [0.15, 0.2) is 24.3 Å². The second kappa shape index (κ2) is 6.63. The van der Waals surface area contributed by atoms with E-state index in [2.05, 4.69) is 0 Å². The van der Waals surface area contributed by atoms with Crippen molar-refractivity contribution < 1.29 is 23.6 Å². The summed E-state index contributed by atoms with van der Waals surface area (Å²) in [5.74, 6) is -2.43. The van der Waals surface area contributed by atoms with Gasteiger partial charge in [0.05, 0.1) is 6.54 Å². The van der Waals surface area contributed by atoms with E-state index >= 15 is 0 Å². The molecule has 26 heavy (non-hydrogen) atoms. The topological polar surface area (TPSA) is 74.8 Å². The molecule has 0 N–H and O–H groups in total. The summed E-state index contributed by atoms with van der Waals surface area (Å²) in [6, 6.07) is 4.26. The summed E-state index contributed by atoms with van der Waals surface area (Å²) in [5.41, 5.74) is -1.27. The van der Waals surface area contributed by atoms with Crippen molar-refractivity contribution in [1.82, 2.24) is 9.80 Å². The zero-order valence-corrected chi connectivity index (χ0v) is 14.8. The number of carbonyl (C=O) groups excluding carboxylic acids is 4. The Balaban J connectivity index is 1.90. The Bertz CT molecular complexity index is 787. The fourth-order valence-corrected chi connectivity index (χ4v) is 3.96. The number of amides is 4. The second-order valence-electron chi connectivity index (χ2n) is 7.16. The van der Waals surface area contributed by atoms with Gasteiger partial charge >= 0.3 is 6.03 Å². The smallest absolute Gasteiger partial charge is 0.292 e. The number of Topliss-reactive ketones (excluding diaryl/α,β-unsaturated/α-hetero) is 1. The first-order chi connectivity index (χ1) is 12.3. The van der Waals surface area contributed by atoms with Crippen molar-refractivity contribution in [2.24, 2.45) is 11.3 Å². The number of imide groups is 2. The summed E-state index contributed by atoms with van der Waals surface area (Å²) < 4.78 is 13.3. The van der Waals surface area contributed by atoms with Gasteiger partial charge in [0.1, 0.15) is 11.2 Å². The monoisotopic (exact) mass is 360 g/mol. The number of nitrogens with zero attached hydrogens (tertiary/aromatic N) is 2. The van der Waals surface area contributed by atoms with Crippen molar-refractivity contribution in [2.75, 3.05) is 13.6 Å². The van der Waals surface area contributed by atoms with E-state index in [1.54, 1.807) is 6.92 Å². The number of barbiturate groups is 1. The van der Waals surface area contributed by atoms with Crippen molar-refractivity contribution >= 4 is 23.6 Å².